The predicted octanol–water partition coefficient (Wildman–Crippen LogP) is 5.68. The minimum absolute atomic E-state index is 0.00102. The maximum absolute atomic E-state index is 14.2. The zero-order chi connectivity index (χ0) is 35.0. The Labute approximate surface area is 277 Å². The number of carbonyl (C=O) groups excluding carboxylic acids is 2. The highest BCUT2D eigenvalue weighted by Crippen LogP contribution is 2.44. The first-order valence-electron chi connectivity index (χ1n) is 15.4. The molecule has 10 nitrogen and oxygen atoms in total. The SMILES string of the molecule is COc1cccc([C@@H]2OC(c3ccc(OCCCO)cc3)=N[C@]2(CCC(=O)OC(C)(C)C)C(=O)NNCc2ccc(C(F)(F)F)cc2)c1. The second-order valence-corrected chi connectivity index (χ2v) is 12.2. The van der Waals surface area contributed by atoms with E-state index in [0.29, 0.717) is 41.2 Å². The topological polar surface area (TPSA) is 128 Å². The monoisotopic (exact) mass is 671 g/mol. The molecule has 0 aromatic heterocycles. The summed E-state index contributed by atoms with van der Waals surface area (Å²) >= 11 is 0. The molecule has 13 heteroatoms. The average molecular weight is 672 g/mol. The number of nitrogens with one attached hydrogen (secondary N) is 2. The van der Waals surface area contributed by atoms with E-state index < -0.39 is 40.9 Å². The highest BCUT2D eigenvalue weighted by atomic mass is 19.4. The molecule has 1 aliphatic heterocycles. The molecule has 0 aliphatic carbocycles. The lowest BCUT2D eigenvalue weighted by Gasteiger charge is -2.31. The second kappa shape index (κ2) is 15.5. The first-order valence-corrected chi connectivity index (χ1v) is 15.4. The van der Waals surface area contributed by atoms with Crippen LogP contribution in [0.2, 0.25) is 0 Å². The standard InChI is InChI=1S/C35H40F3N3O7/c1-33(2,3)48-29(43)17-18-34(32(44)41-39-22-23-9-13-26(14-10-23)35(36,37)38)30(25-7-5-8-28(21-25)45-4)47-31(40-34)24-11-15-27(16-12-24)46-20-6-19-42/h5,7-16,21,30,39,42H,6,17-20,22H2,1-4H3,(H,41,44)/t30-,34-/m0/s1. The van der Waals surface area contributed by atoms with E-state index in [1.54, 1.807) is 69.3 Å². The molecular weight excluding hydrogens is 631 g/mol. The Bertz CT molecular complexity index is 1570. The maximum Gasteiger partial charge on any atom is 0.416 e. The first kappa shape index (κ1) is 36.2. The van der Waals surface area contributed by atoms with E-state index in [4.69, 9.17) is 29.0 Å². The lowest BCUT2D eigenvalue weighted by Crippen LogP contribution is -2.52. The van der Waals surface area contributed by atoms with Gasteiger partial charge >= 0.3 is 12.1 Å². The molecule has 3 aromatic carbocycles. The van der Waals surface area contributed by atoms with Crippen LogP contribution in [0, 0.1) is 0 Å². The van der Waals surface area contributed by atoms with Gasteiger partial charge in [-0.2, -0.15) is 13.2 Å². The number of hydrogen-bond acceptors (Lipinski definition) is 9. The lowest BCUT2D eigenvalue weighted by atomic mass is 9.83. The van der Waals surface area contributed by atoms with Crippen LogP contribution in [0.1, 0.15) is 68.4 Å². The van der Waals surface area contributed by atoms with Crippen molar-refractivity contribution in [2.75, 3.05) is 20.3 Å². The summed E-state index contributed by atoms with van der Waals surface area (Å²) < 4.78 is 62.1. The molecule has 2 atom stereocenters. The lowest BCUT2D eigenvalue weighted by molar-refractivity contribution is -0.155. The number of hydrazine groups is 1. The van der Waals surface area contributed by atoms with Gasteiger partial charge in [0.15, 0.2) is 11.6 Å². The molecule has 1 heterocycles. The van der Waals surface area contributed by atoms with E-state index in [0.717, 1.165) is 12.1 Å². The number of aliphatic hydroxyl groups is 1. The van der Waals surface area contributed by atoms with Crippen molar-refractivity contribution in [1.29, 1.82) is 0 Å². The van der Waals surface area contributed by atoms with Crippen molar-refractivity contribution in [3.8, 4) is 11.5 Å². The summed E-state index contributed by atoms with van der Waals surface area (Å²) in [7, 11) is 1.51. The Morgan fingerprint density at radius 3 is 2.33 bits per heavy atom. The maximum atomic E-state index is 14.2. The normalized spacial score (nSPS) is 17.7. The molecular formula is C35H40F3N3O7. The van der Waals surface area contributed by atoms with E-state index in [2.05, 4.69) is 10.9 Å². The Morgan fingerprint density at radius 2 is 1.71 bits per heavy atom. The number of methoxy groups -OCH3 is 1. The third-order valence-electron chi connectivity index (χ3n) is 7.33. The van der Waals surface area contributed by atoms with Gasteiger partial charge in [-0.3, -0.25) is 15.0 Å². The Kier molecular flexibility index (Phi) is 11.7. The van der Waals surface area contributed by atoms with E-state index in [1.165, 1.54) is 19.2 Å². The van der Waals surface area contributed by atoms with E-state index in [9.17, 15) is 22.8 Å². The van der Waals surface area contributed by atoms with Gasteiger partial charge in [0.1, 0.15) is 17.1 Å². The van der Waals surface area contributed by atoms with Crippen molar-refractivity contribution in [3.63, 3.8) is 0 Å². The van der Waals surface area contributed by atoms with Crippen LogP contribution in [0.15, 0.2) is 77.8 Å². The van der Waals surface area contributed by atoms with Gasteiger partial charge in [-0.1, -0.05) is 24.3 Å². The van der Waals surface area contributed by atoms with Gasteiger partial charge < -0.3 is 24.1 Å². The van der Waals surface area contributed by atoms with Crippen molar-refractivity contribution >= 4 is 17.8 Å². The summed E-state index contributed by atoms with van der Waals surface area (Å²) in [5, 5.41) is 9.04. The molecule has 0 fully saturated rings. The molecule has 0 spiro atoms. The van der Waals surface area contributed by atoms with Crippen LogP contribution < -0.4 is 20.3 Å². The number of ether oxygens (including phenoxy) is 4. The summed E-state index contributed by atoms with van der Waals surface area (Å²) in [5.41, 5.74) is 3.78. The Morgan fingerprint density at radius 1 is 1.00 bits per heavy atom. The highest BCUT2D eigenvalue weighted by molar-refractivity contribution is 6.01. The van der Waals surface area contributed by atoms with E-state index in [-0.39, 0.29) is 31.9 Å². The largest absolute Gasteiger partial charge is 0.497 e. The van der Waals surface area contributed by atoms with Gasteiger partial charge in [0.05, 0.1) is 19.3 Å². The molecule has 48 heavy (non-hydrogen) atoms. The third-order valence-corrected chi connectivity index (χ3v) is 7.33. The molecule has 0 unspecified atom stereocenters. The van der Waals surface area contributed by atoms with Crippen LogP contribution in [-0.2, 0) is 31.8 Å². The van der Waals surface area contributed by atoms with Gasteiger partial charge in [-0.05, 0) is 86.8 Å². The summed E-state index contributed by atoms with van der Waals surface area (Å²) in [6.45, 7) is 5.56. The van der Waals surface area contributed by atoms with Gasteiger partial charge in [-0.25, -0.2) is 10.4 Å². The zero-order valence-corrected chi connectivity index (χ0v) is 27.2. The van der Waals surface area contributed by atoms with Gasteiger partial charge in [0, 0.05) is 31.6 Å². The number of esters is 1. The van der Waals surface area contributed by atoms with Crippen molar-refractivity contribution in [2.45, 2.75) is 70.0 Å². The highest BCUT2D eigenvalue weighted by Gasteiger charge is 2.53. The van der Waals surface area contributed by atoms with Crippen LogP contribution in [0.4, 0.5) is 13.2 Å². The fourth-order valence-electron chi connectivity index (χ4n) is 5.01. The van der Waals surface area contributed by atoms with Crippen LogP contribution in [0.5, 0.6) is 11.5 Å². The smallest absolute Gasteiger partial charge is 0.416 e. The molecule has 0 saturated heterocycles. The molecule has 3 N–H and O–H groups in total. The molecule has 1 amide bonds. The molecule has 258 valence electrons. The second-order valence-electron chi connectivity index (χ2n) is 12.2. The number of rotatable bonds is 14. The molecule has 4 rings (SSSR count). The summed E-state index contributed by atoms with van der Waals surface area (Å²) in [6, 6.07) is 18.4. The summed E-state index contributed by atoms with van der Waals surface area (Å²) in [4.78, 5) is 32.0. The number of aliphatic hydroxyl groups excluding tert-OH is 1. The van der Waals surface area contributed by atoms with Crippen molar-refractivity contribution in [1.82, 2.24) is 10.9 Å². The summed E-state index contributed by atoms with van der Waals surface area (Å²) in [6.07, 6.45) is -5.30. The fourth-order valence-corrected chi connectivity index (χ4v) is 5.01. The molecule has 3 aromatic rings. The fraction of sp³-hybridized carbons (Fsp3) is 0.400. The number of hydrogen-bond donors (Lipinski definition) is 3. The van der Waals surface area contributed by atoms with Crippen LogP contribution in [0.25, 0.3) is 0 Å². The first-order chi connectivity index (χ1) is 22.7. The number of aliphatic imine (C=N–C) groups is 1. The number of amides is 1. The van der Waals surface area contributed by atoms with Crippen LogP contribution >= 0.6 is 0 Å². The third kappa shape index (κ3) is 9.48. The van der Waals surface area contributed by atoms with Crippen molar-refractivity contribution < 1.29 is 46.8 Å². The number of benzene rings is 3. The molecule has 0 bridgehead atoms. The van der Waals surface area contributed by atoms with E-state index in [1.807, 2.05) is 0 Å². The van der Waals surface area contributed by atoms with Crippen LogP contribution in [0.3, 0.4) is 0 Å². The number of carbonyl (C=O) groups is 2. The molecule has 0 saturated carbocycles. The Balaban J connectivity index is 1.68. The minimum Gasteiger partial charge on any atom is -0.497 e. The van der Waals surface area contributed by atoms with Gasteiger partial charge in [0.2, 0.25) is 5.90 Å². The quantitative estimate of drug-likeness (QED) is 0.114. The zero-order valence-electron chi connectivity index (χ0n) is 27.2. The van der Waals surface area contributed by atoms with Crippen LogP contribution in [-0.4, -0.2) is 54.3 Å². The number of nitrogens with zero attached hydrogens (tertiary/aromatic N) is 1. The number of alkyl halides is 3. The van der Waals surface area contributed by atoms with Gasteiger partial charge in [-0.15, -0.1) is 0 Å². The predicted molar refractivity (Wildman–Crippen MR) is 171 cm³/mol. The van der Waals surface area contributed by atoms with E-state index >= 15 is 0 Å². The molecule has 1 aliphatic rings. The minimum atomic E-state index is -4.47. The Hall–Kier alpha value is -4.62. The number of halogens is 3. The van der Waals surface area contributed by atoms with Gasteiger partial charge in [0.25, 0.3) is 5.91 Å². The summed E-state index contributed by atoms with van der Waals surface area (Å²) in [5.74, 6) is 0.0497. The average Bonchev–Trinajstić information content (AvgIpc) is 3.44. The van der Waals surface area contributed by atoms with Crippen molar-refractivity contribution in [3.05, 3.63) is 95.1 Å². The molecule has 0 radical (unpaired) electrons. The van der Waals surface area contributed by atoms with Crippen molar-refractivity contribution in [2.24, 2.45) is 4.99 Å².